The van der Waals surface area contributed by atoms with Crippen LogP contribution in [-0.2, 0) is 11.8 Å². The number of anilines is 1. The van der Waals surface area contributed by atoms with Crippen LogP contribution in [0.2, 0.25) is 0 Å². The molecule has 3 rings (SSSR count). The van der Waals surface area contributed by atoms with E-state index in [1.165, 1.54) is 0 Å². The molecule has 7 heteroatoms. The van der Waals surface area contributed by atoms with Crippen LogP contribution in [0.5, 0.6) is 0 Å². The molecule has 0 spiro atoms. The van der Waals surface area contributed by atoms with Crippen LogP contribution >= 0.6 is 0 Å². The monoisotopic (exact) mass is 369 g/mol. The second-order valence-electron chi connectivity index (χ2n) is 6.63. The molecule has 6 nitrogen and oxygen atoms in total. The van der Waals surface area contributed by atoms with E-state index in [0.717, 1.165) is 47.8 Å². The Morgan fingerprint density at radius 2 is 1.81 bits per heavy atom. The summed E-state index contributed by atoms with van der Waals surface area (Å²) < 4.78 is 13.9. The highest BCUT2D eigenvalue weighted by Crippen LogP contribution is 2.22. The van der Waals surface area contributed by atoms with Gasteiger partial charge in [-0.1, -0.05) is 19.3 Å². The number of aryl methyl sites for hydroxylation is 1. The van der Waals surface area contributed by atoms with Crippen molar-refractivity contribution in [1.82, 2.24) is 19.5 Å². The lowest BCUT2D eigenvalue weighted by atomic mass is 10.1. The number of carbonyl (C=O) groups is 1. The molecule has 0 atom stereocenters. The third-order valence-corrected chi connectivity index (χ3v) is 4.49. The van der Waals surface area contributed by atoms with E-state index in [2.05, 4.69) is 20.3 Å². The van der Waals surface area contributed by atoms with Gasteiger partial charge in [-0.05, 0) is 30.4 Å². The number of carbonyl (C=O) groups excluding carboxylic acids is 1. The van der Waals surface area contributed by atoms with E-state index >= 15 is 0 Å². The zero-order valence-corrected chi connectivity index (χ0v) is 15.5. The van der Waals surface area contributed by atoms with E-state index in [1.54, 1.807) is 24.9 Å². The van der Waals surface area contributed by atoms with Crippen molar-refractivity contribution in [2.45, 2.75) is 38.5 Å². The fraction of sp³-hybridized carbons (Fsp3) is 0.400. The molecule has 0 aromatic carbocycles. The lowest BCUT2D eigenvalue weighted by Gasteiger charge is -2.07. The molecule has 3 aromatic rings. The van der Waals surface area contributed by atoms with Gasteiger partial charge in [0.05, 0.1) is 30.6 Å². The Balaban J connectivity index is 1.62. The molecule has 0 saturated carbocycles. The molecule has 0 aliphatic carbocycles. The minimum Gasteiger partial charge on any atom is -0.332 e. The number of fused-ring (bicyclic) bond motifs is 1. The van der Waals surface area contributed by atoms with E-state index in [4.69, 9.17) is 0 Å². The van der Waals surface area contributed by atoms with Gasteiger partial charge in [-0.2, -0.15) is 0 Å². The van der Waals surface area contributed by atoms with Gasteiger partial charge in [-0.25, -0.2) is 9.97 Å². The first-order valence-corrected chi connectivity index (χ1v) is 9.25. The van der Waals surface area contributed by atoms with Crippen LogP contribution < -0.4 is 5.32 Å². The predicted octanol–water partition coefficient (Wildman–Crippen LogP) is 4.28. The molecule has 1 N–H and O–H groups in total. The maximum atomic E-state index is 12.1. The van der Waals surface area contributed by atoms with Crippen LogP contribution in [0.15, 0.2) is 37.1 Å². The topological polar surface area (TPSA) is 72.7 Å². The summed E-state index contributed by atoms with van der Waals surface area (Å²) in [5, 5.41) is 4.72. The fourth-order valence-electron chi connectivity index (χ4n) is 2.97. The molecule has 0 saturated heterocycles. The van der Waals surface area contributed by atoms with Crippen LogP contribution in [0.3, 0.4) is 0 Å². The average molecular weight is 369 g/mol. The van der Waals surface area contributed by atoms with E-state index in [1.807, 2.05) is 23.7 Å². The molecule has 0 unspecified atom stereocenters. The summed E-state index contributed by atoms with van der Waals surface area (Å²) in [6.07, 6.45) is 11.7. The number of amides is 1. The van der Waals surface area contributed by atoms with Crippen molar-refractivity contribution >= 4 is 22.5 Å². The summed E-state index contributed by atoms with van der Waals surface area (Å²) in [5.41, 5.74) is 1.74. The molecule has 0 fully saturated rings. The smallest absolute Gasteiger partial charge is 0.225 e. The summed E-state index contributed by atoms with van der Waals surface area (Å²) in [5.74, 6) is 0.486. The summed E-state index contributed by atoms with van der Waals surface area (Å²) in [6, 6.07) is 3.82. The van der Waals surface area contributed by atoms with Gasteiger partial charge in [-0.15, -0.1) is 0 Å². The van der Waals surface area contributed by atoms with Gasteiger partial charge < -0.3 is 9.88 Å². The Hall–Kier alpha value is -2.83. The third kappa shape index (κ3) is 5.09. The van der Waals surface area contributed by atoms with E-state index in [0.29, 0.717) is 18.7 Å². The third-order valence-electron chi connectivity index (χ3n) is 4.49. The predicted molar refractivity (Wildman–Crippen MR) is 104 cm³/mol. The van der Waals surface area contributed by atoms with Crippen LogP contribution in [0.25, 0.3) is 22.2 Å². The summed E-state index contributed by atoms with van der Waals surface area (Å²) in [7, 11) is 1.92. The first kappa shape index (κ1) is 18.9. The fourth-order valence-corrected chi connectivity index (χ4v) is 2.97. The lowest BCUT2D eigenvalue weighted by molar-refractivity contribution is -0.116. The minimum absolute atomic E-state index is 0.0479. The summed E-state index contributed by atoms with van der Waals surface area (Å²) >= 11 is 0. The van der Waals surface area contributed by atoms with Gasteiger partial charge in [0, 0.05) is 31.2 Å². The molecule has 0 radical (unpaired) electrons. The van der Waals surface area contributed by atoms with Gasteiger partial charge in [-0.3, -0.25) is 14.2 Å². The van der Waals surface area contributed by atoms with Crippen molar-refractivity contribution in [3.8, 4) is 11.4 Å². The number of pyridine rings is 2. The normalized spacial score (nSPS) is 11.0. The van der Waals surface area contributed by atoms with Gasteiger partial charge in [0.15, 0.2) is 0 Å². The van der Waals surface area contributed by atoms with Crippen molar-refractivity contribution in [2.75, 3.05) is 12.0 Å². The molecule has 3 aromatic heterocycles. The summed E-state index contributed by atoms with van der Waals surface area (Å²) in [4.78, 5) is 25.0. The Morgan fingerprint density at radius 3 is 2.59 bits per heavy atom. The average Bonchev–Trinajstić information content (AvgIpc) is 3.10. The Bertz CT molecular complexity index is 908. The van der Waals surface area contributed by atoms with Crippen LogP contribution in [0.4, 0.5) is 10.2 Å². The number of unbranched alkanes of at least 4 members (excludes halogenated alkanes) is 4. The molecule has 0 aliphatic rings. The highest BCUT2D eigenvalue weighted by atomic mass is 19.1. The number of alkyl halides is 1. The zero-order valence-electron chi connectivity index (χ0n) is 15.5. The first-order chi connectivity index (χ1) is 13.2. The Labute approximate surface area is 157 Å². The number of imidazole rings is 1. The highest BCUT2D eigenvalue weighted by Gasteiger charge is 2.08. The van der Waals surface area contributed by atoms with Crippen LogP contribution in [-0.4, -0.2) is 32.1 Å². The molecule has 142 valence electrons. The van der Waals surface area contributed by atoms with Gasteiger partial charge in [0.25, 0.3) is 0 Å². The number of hydrogen-bond donors (Lipinski definition) is 1. The second-order valence-corrected chi connectivity index (χ2v) is 6.63. The highest BCUT2D eigenvalue weighted by molar-refractivity contribution is 5.93. The second kappa shape index (κ2) is 9.21. The summed E-state index contributed by atoms with van der Waals surface area (Å²) in [6.45, 7) is -0.258. The van der Waals surface area contributed by atoms with Crippen LogP contribution in [0, 0.1) is 0 Å². The largest absolute Gasteiger partial charge is 0.332 e. The zero-order chi connectivity index (χ0) is 19.1. The number of rotatable bonds is 9. The molecule has 0 aliphatic heterocycles. The van der Waals surface area contributed by atoms with E-state index < -0.39 is 0 Å². The molecule has 0 bridgehead atoms. The molecule has 27 heavy (non-hydrogen) atoms. The number of aromatic nitrogens is 4. The first-order valence-electron chi connectivity index (χ1n) is 9.25. The quantitative estimate of drug-likeness (QED) is 0.572. The minimum atomic E-state index is -0.258. The maximum Gasteiger partial charge on any atom is 0.225 e. The van der Waals surface area contributed by atoms with E-state index in [-0.39, 0.29) is 12.6 Å². The van der Waals surface area contributed by atoms with Gasteiger partial charge in [0.1, 0.15) is 5.82 Å². The number of nitrogens with zero attached hydrogens (tertiary/aromatic N) is 4. The molecular weight excluding hydrogens is 345 g/mol. The van der Waals surface area contributed by atoms with Crippen LogP contribution in [0.1, 0.15) is 38.5 Å². The number of hydrogen-bond acceptors (Lipinski definition) is 4. The Morgan fingerprint density at radius 1 is 1.04 bits per heavy atom. The molecular formula is C20H24FN5O. The van der Waals surface area contributed by atoms with Gasteiger partial charge >= 0.3 is 0 Å². The number of halogens is 1. The molecule has 3 heterocycles. The molecule has 1 amide bonds. The van der Waals surface area contributed by atoms with Gasteiger partial charge in [0.2, 0.25) is 5.91 Å². The number of nitrogens with one attached hydrogen (secondary N) is 1. The van der Waals surface area contributed by atoms with Crippen molar-refractivity contribution in [2.24, 2.45) is 7.05 Å². The van der Waals surface area contributed by atoms with Crippen molar-refractivity contribution < 1.29 is 9.18 Å². The lowest BCUT2D eigenvalue weighted by Crippen LogP contribution is -2.12. The SMILES string of the molecule is Cn1cncc1-c1cc2cc(NC(=O)CCCCCCCF)ncc2cn1. The maximum absolute atomic E-state index is 12.1. The van der Waals surface area contributed by atoms with Crippen molar-refractivity contribution in [1.29, 1.82) is 0 Å². The van der Waals surface area contributed by atoms with E-state index in [9.17, 15) is 9.18 Å². The standard InChI is InChI=1S/C20H24FN5O/c1-26-14-22-13-18(26)17-9-15-10-19(24-12-16(15)11-23-17)25-20(27)7-5-3-2-4-6-8-21/h9-14H,2-8H2,1H3,(H,24,25,27). The van der Waals surface area contributed by atoms with Crippen molar-refractivity contribution in [3.63, 3.8) is 0 Å². The Kier molecular flexibility index (Phi) is 6.46. The van der Waals surface area contributed by atoms with Crippen molar-refractivity contribution in [3.05, 3.63) is 37.1 Å².